The van der Waals surface area contributed by atoms with E-state index in [1.165, 1.54) is 4.90 Å². The highest BCUT2D eigenvalue weighted by atomic mass is 16.3. The molecule has 0 radical (unpaired) electrons. The molecule has 0 N–H and O–H groups in total. The molecule has 0 spiro atoms. The van der Waals surface area contributed by atoms with E-state index in [1.807, 2.05) is 103 Å². The van der Waals surface area contributed by atoms with Crippen LogP contribution in [0, 0.1) is 0 Å². The molecule has 0 aliphatic rings. The van der Waals surface area contributed by atoms with Gasteiger partial charge >= 0.3 is 0 Å². The molecular formula is C50H31NO2. The Kier molecular flexibility index (Phi) is 5.01. The highest BCUT2D eigenvalue weighted by Gasteiger charge is 2.21. The summed E-state index contributed by atoms with van der Waals surface area (Å²) in [6, 6.07) is 39.9. The second-order valence-electron chi connectivity index (χ2n) is 13.0. The lowest BCUT2D eigenvalue weighted by atomic mass is 9.99. The fraction of sp³-hybridized carbons (Fsp3) is 0. The summed E-state index contributed by atoms with van der Waals surface area (Å²) in [5.41, 5.74) is 2.90. The van der Waals surface area contributed by atoms with Crippen LogP contribution in [0.5, 0.6) is 0 Å². The molecule has 2 aromatic heterocycles. The van der Waals surface area contributed by atoms with Crippen molar-refractivity contribution in [2.24, 2.45) is 0 Å². The molecule has 0 amide bonds. The fourth-order valence-corrected chi connectivity index (χ4v) is 7.51. The summed E-state index contributed by atoms with van der Waals surface area (Å²) in [7, 11) is 0. The van der Waals surface area contributed by atoms with Gasteiger partial charge in [-0.2, -0.15) is 0 Å². The van der Waals surface area contributed by atoms with Gasteiger partial charge in [0.25, 0.3) is 0 Å². The average molecular weight is 686 g/mol. The molecule has 9 aromatic carbocycles. The van der Waals surface area contributed by atoms with Gasteiger partial charge in [-0.1, -0.05) is 133 Å². The molecular weight excluding hydrogens is 647 g/mol. The summed E-state index contributed by atoms with van der Waals surface area (Å²) < 4.78 is 89.3. The Hall–Kier alpha value is -7.10. The third-order valence-electron chi connectivity index (χ3n) is 9.99. The maximum Gasteiger partial charge on any atom is 0.143 e. The smallest absolute Gasteiger partial charge is 0.143 e. The molecule has 0 aliphatic carbocycles. The fourth-order valence-electron chi connectivity index (χ4n) is 7.51. The minimum atomic E-state index is -0.499. The van der Waals surface area contributed by atoms with Gasteiger partial charge in [0.2, 0.25) is 0 Å². The van der Waals surface area contributed by atoms with Crippen LogP contribution in [0.15, 0.2) is 197 Å². The molecule has 0 saturated carbocycles. The van der Waals surface area contributed by atoms with Crippen molar-refractivity contribution in [1.82, 2.24) is 0 Å². The lowest BCUT2D eigenvalue weighted by Crippen LogP contribution is -2.10. The van der Waals surface area contributed by atoms with Gasteiger partial charge in [0.15, 0.2) is 0 Å². The summed E-state index contributed by atoms with van der Waals surface area (Å²) >= 11 is 0. The van der Waals surface area contributed by atoms with Crippen LogP contribution in [0.25, 0.3) is 87.7 Å². The van der Waals surface area contributed by atoms with E-state index >= 15 is 0 Å². The van der Waals surface area contributed by atoms with E-state index in [1.54, 1.807) is 36.4 Å². The average Bonchev–Trinajstić information content (AvgIpc) is 3.87. The SMILES string of the molecule is [2H]c1c([2H])c(-c2cccc3c2oc2ccccc23)c([2H])c(N(c2c([2H])c([2H])c(-c3ccc4ccccc4c3)c([2H])c2[2H])c2cccc3oc4c5ccccc5ccc4c23)c1[2H]. The highest BCUT2D eigenvalue weighted by molar-refractivity contribution is 6.19. The Morgan fingerprint density at radius 2 is 1.15 bits per heavy atom. The van der Waals surface area contributed by atoms with E-state index < -0.39 is 24.2 Å². The van der Waals surface area contributed by atoms with Crippen LogP contribution >= 0.6 is 0 Å². The largest absolute Gasteiger partial charge is 0.455 e. The van der Waals surface area contributed by atoms with Crippen molar-refractivity contribution in [3.8, 4) is 22.3 Å². The minimum Gasteiger partial charge on any atom is -0.455 e. The third kappa shape index (κ3) is 4.75. The number of nitrogens with zero attached hydrogens (tertiary/aromatic N) is 1. The van der Waals surface area contributed by atoms with Crippen LogP contribution in [-0.4, -0.2) is 0 Å². The molecule has 11 aromatic rings. The summed E-state index contributed by atoms with van der Waals surface area (Å²) in [5.74, 6) is 0. The van der Waals surface area contributed by atoms with Gasteiger partial charge < -0.3 is 13.7 Å². The third-order valence-corrected chi connectivity index (χ3v) is 9.99. The van der Waals surface area contributed by atoms with Crippen molar-refractivity contribution in [3.05, 3.63) is 188 Å². The number of fused-ring (bicyclic) bond motifs is 9. The topological polar surface area (TPSA) is 29.5 Å². The maximum absolute atomic E-state index is 10.00. The molecule has 0 saturated heterocycles. The number of hydrogen-bond donors (Lipinski definition) is 0. The van der Waals surface area contributed by atoms with Gasteiger partial charge in [-0.25, -0.2) is 0 Å². The lowest BCUT2D eigenvalue weighted by molar-refractivity contribution is 0.670. The first-order valence-corrected chi connectivity index (χ1v) is 17.4. The van der Waals surface area contributed by atoms with E-state index in [-0.39, 0.29) is 46.7 Å². The summed E-state index contributed by atoms with van der Waals surface area (Å²) in [5, 5.41) is 6.45. The van der Waals surface area contributed by atoms with Gasteiger partial charge in [0, 0.05) is 38.5 Å². The monoisotopic (exact) mass is 685 g/mol. The summed E-state index contributed by atoms with van der Waals surface area (Å²) in [4.78, 5) is 1.39. The molecule has 2 heterocycles. The van der Waals surface area contributed by atoms with Crippen molar-refractivity contribution in [1.29, 1.82) is 0 Å². The molecule has 0 unspecified atom stereocenters. The Bertz CT molecular complexity index is 3640. The normalized spacial score (nSPS) is 13.9. The first kappa shape index (κ1) is 22.7. The molecule has 53 heavy (non-hydrogen) atoms. The van der Waals surface area contributed by atoms with Gasteiger partial charge in [0.1, 0.15) is 22.3 Å². The minimum absolute atomic E-state index is 0.0175. The molecule has 0 bridgehead atoms. The Balaban J connectivity index is 1.25. The maximum atomic E-state index is 10.00. The van der Waals surface area contributed by atoms with Gasteiger partial charge in [-0.05, 0) is 87.4 Å². The summed E-state index contributed by atoms with van der Waals surface area (Å²) in [6.45, 7) is 0. The molecule has 3 heteroatoms. The van der Waals surface area contributed by atoms with E-state index in [0.29, 0.717) is 49.9 Å². The van der Waals surface area contributed by atoms with Crippen molar-refractivity contribution >= 4 is 82.5 Å². The molecule has 0 fully saturated rings. The first-order valence-electron chi connectivity index (χ1n) is 21.4. The van der Waals surface area contributed by atoms with Crippen LogP contribution in [-0.2, 0) is 0 Å². The number of hydrogen-bond acceptors (Lipinski definition) is 3. The van der Waals surface area contributed by atoms with E-state index in [9.17, 15) is 11.0 Å². The Morgan fingerprint density at radius 1 is 0.434 bits per heavy atom. The standard InChI is InChI=1S/C50H31NO2/c1-2-12-35-30-36(23-22-32(35)10-1)33-24-27-38(28-25-33)51(45-19-9-21-47-48(45)44-29-26-34-11-3-4-15-40(34)50(44)53-47)39-14-7-13-37(31-39)41-17-8-18-43-42-16-5-6-20-46(42)52-49(41)43/h1-31H/i7D,13D,14D,24D,25D,27D,28D,31D. The quantitative estimate of drug-likeness (QED) is 0.181. The second kappa shape index (κ2) is 11.7. The molecule has 0 aliphatic heterocycles. The lowest BCUT2D eigenvalue weighted by Gasteiger charge is -2.27. The van der Waals surface area contributed by atoms with Crippen LogP contribution in [0.4, 0.5) is 17.1 Å². The van der Waals surface area contributed by atoms with Crippen LogP contribution in [0.1, 0.15) is 11.0 Å². The van der Waals surface area contributed by atoms with Crippen LogP contribution < -0.4 is 4.90 Å². The molecule has 3 nitrogen and oxygen atoms in total. The van der Waals surface area contributed by atoms with Gasteiger partial charge in [-0.15, -0.1) is 0 Å². The molecule has 0 atom stereocenters. The zero-order valence-corrected chi connectivity index (χ0v) is 28.0. The van der Waals surface area contributed by atoms with Crippen molar-refractivity contribution in [2.45, 2.75) is 0 Å². The molecule has 248 valence electrons. The summed E-state index contributed by atoms with van der Waals surface area (Å²) in [6.07, 6.45) is 0. The van der Waals surface area contributed by atoms with Gasteiger partial charge in [0.05, 0.1) is 22.0 Å². The first-order chi connectivity index (χ1) is 29.6. The number of furan rings is 2. The highest BCUT2D eigenvalue weighted by Crippen LogP contribution is 2.46. The van der Waals surface area contributed by atoms with E-state index in [0.717, 1.165) is 32.3 Å². The number of benzene rings is 9. The zero-order valence-electron chi connectivity index (χ0n) is 36.0. The Morgan fingerprint density at radius 3 is 2.06 bits per heavy atom. The number of para-hydroxylation sites is 2. The number of anilines is 3. The van der Waals surface area contributed by atoms with Crippen molar-refractivity contribution < 1.29 is 19.8 Å². The zero-order chi connectivity index (χ0) is 41.8. The molecule has 11 rings (SSSR count). The second-order valence-corrected chi connectivity index (χ2v) is 13.0. The van der Waals surface area contributed by atoms with Crippen molar-refractivity contribution in [2.75, 3.05) is 4.90 Å². The number of rotatable bonds is 5. The predicted molar refractivity (Wildman–Crippen MR) is 222 cm³/mol. The van der Waals surface area contributed by atoms with Crippen LogP contribution in [0.2, 0.25) is 0 Å². The Labute approximate surface area is 316 Å². The van der Waals surface area contributed by atoms with Gasteiger partial charge in [-0.3, -0.25) is 0 Å². The van der Waals surface area contributed by atoms with Crippen molar-refractivity contribution in [3.63, 3.8) is 0 Å². The van der Waals surface area contributed by atoms with E-state index in [4.69, 9.17) is 8.83 Å². The van der Waals surface area contributed by atoms with Crippen LogP contribution in [0.3, 0.4) is 0 Å². The van der Waals surface area contributed by atoms with E-state index in [2.05, 4.69) is 0 Å². The predicted octanol–water partition coefficient (Wildman–Crippen LogP) is 14.6.